The molecule has 6 heteroatoms. The molecule has 100 valence electrons. The topological polar surface area (TPSA) is 66.1 Å². The van der Waals surface area contributed by atoms with Crippen molar-refractivity contribution in [3.05, 3.63) is 47.9 Å². The number of aromatic nitrogens is 2. The molecule has 1 heterocycles. The molecule has 0 saturated carbocycles. The van der Waals surface area contributed by atoms with Gasteiger partial charge < -0.3 is 4.98 Å². The molecule has 0 spiro atoms. The number of imidazole rings is 1. The molecule has 0 saturated heterocycles. The lowest BCUT2D eigenvalue weighted by Gasteiger charge is -2.23. The van der Waals surface area contributed by atoms with Crippen molar-refractivity contribution in [2.75, 3.05) is 7.05 Å². The molecule has 0 bridgehead atoms. The monoisotopic (exact) mass is 277 g/mol. The maximum atomic E-state index is 12.4. The molecule has 2 aromatic rings. The van der Waals surface area contributed by atoms with Gasteiger partial charge in [0.05, 0.1) is 18.6 Å². The lowest BCUT2D eigenvalue weighted by atomic mass is 10.1. The number of sulfonamides is 1. The van der Waals surface area contributed by atoms with E-state index in [1.165, 1.54) is 22.4 Å². The summed E-state index contributed by atoms with van der Waals surface area (Å²) >= 11 is 0. The van der Waals surface area contributed by atoms with E-state index in [0.717, 1.165) is 18.4 Å². The van der Waals surface area contributed by atoms with Crippen LogP contribution in [0.25, 0.3) is 0 Å². The fourth-order valence-electron chi connectivity index (χ4n) is 2.62. The van der Waals surface area contributed by atoms with E-state index in [0.29, 0.717) is 0 Å². The van der Waals surface area contributed by atoms with Gasteiger partial charge in [-0.3, -0.25) is 0 Å². The molecule has 1 N–H and O–H groups in total. The van der Waals surface area contributed by atoms with E-state index in [9.17, 15) is 8.42 Å². The molecular formula is C13H15N3O2S. The van der Waals surface area contributed by atoms with Gasteiger partial charge in [-0.2, -0.15) is 4.31 Å². The van der Waals surface area contributed by atoms with Crippen LogP contribution in [0, 0.1) is 0 Å². The van der Waals surface area contributed by atoms with Gasteiger partial charge in [-0.1, -0.05) is 24.3 Å². The first-order valence-corrected chi connectivity index (χ1v) is 7.59. The van der Waals surface area contributed by atoms with Crippen LogP contribution in [-0.4, -0.2) is 29.7 Å². The smallest absolute Gasteiger partial charge is 0.260 e. The maximum absolute atomic E-state index is 12.4. The third-order valence-corrected chi connectivity index (χ3v) is 5.46. The van der Waals surface area contributed by atoms with E-state index in [-0.39, 0.29) is 11.1 Å². The molecule has 0 fully saturated rings. The number of aromatic amines is 1. The molecule has 1 aliphatic carbocycles. The number of nitrogens with zero attached hydrogens (tertiary/aromatic N) is 2. The number of aryl methyl sites for hydroxylation is 1. The lowest BCUT2D eigenvalue weighted by Crippen LogP contribution is -2.30. The summed E-state index contributed by atoms with van der Waals surface area (Å²) in [5.41, 5.74) is 2.34. The average molecular weight is 277 g/mol. The van der Waals surface area contributed by atoms with Crippen LogP contribution in [0.5, 0.6) is 0 Å². The summed E-state index contributed by atoms with van der Waals surface area (Å²) < 4.78 is 26.3. The first kappa shape index (κ1) is 12.4. The summed E-state index contributed by atoms with van der Waals surface area (Å²) in [6, 6.07) is 7.92. The van der Waals surface area contributed by atoms with Crippen molar-refractivity contribution in [3.8, 4) is 0 Å². The Morgan fingerprint density at radius 2 is 2.16 bits per heavy atom. The molecule has 1 aliphatic rings. The molecular weight excluding hydrogens is 262 g/mol. The van der Waals surface area contributed by atoms with Gasteiger partial charge in [-0.25, -0.2) is 13.4 Å². The van der Waals surface area contributed by atoms with Crippen molar-refractivity contribution in [2.24, 2.45) is 0 Å². The first-order valence-electron chi connectivity index (χ1n) is 6.15. The molecule has 1 atom stereocenters. The van der Waals surface area contributed by atoms with Gasteiger partial charge in [0, 0.05) is 7.05 Å². The third kappa shape index (κ3) is 1.97. The molecule has 0 aliphatic heterocycles. The number of hydrogen-bond acceptors (Lipinski definition) is 3. The second-order valence-corrected chi connectivity index (χ2v) is 6.66. The van der Waals surface area contributed by atoms with Gasteiger partial charge in [0.25, 0.3) is 10.0 Å². The molecule has 3 rings (SSSR count). The second kappa shape index (κ2) is 4.47. The fraction of sp³-hybridized carbons (Fsp3) is 0.308. The van der Waals surface area contributed by atoms with Gasteiger partial charge in [0.2, 0.25) is 0 Å². The van der Waals surface area contributed by atoms with E-state index >= 15 is 0 Å². The minimum Gasteiger partial charge on any atom is -0.335 e. The predicted molar refractivity (Wildman–Crippen MR) is 71.0 cm³/mol. The molecule has 5 nitrogen and oxygen atoms in total. The summed E-state index contributed by atoms with van der Waals surface area (Å²) in [6.45, 7) is 0. The number of nitrogens with one attached hydrogen (secondary N) is 1. The zero-order chi connectivity index (χ0) is 13.5. The van der Waals surface area contributed by atoms with Crippen LogP contribution in [0.15, 0.2) is 41.8 Å². The molecule has 0 amide bonds. The number of hydrogen-bond donors (Lipinski definition) is 1. The molecule has 1 aromatic carbocycles. The maximum Gasteiger partial charge on any atom is 0.260 e. The van der Waals surface area contributed by atoms with Gasteiger partial charge >= 0.3 is 0 Å². The van der Waals surface area contributed by atoms with E-state index in [2.05, 4.69) is 16.0 Å². The first-order chi connectivity index (χ1) is 9.10. The van der Waals surface area contributed by atoms with Gasteiger partial charge in [-0.05, 0) is 24.0 Å². The minimum atomic E-state index is -3.51. The predicted octanol–water partition coefficient (Wildman–Crippen LogP) is 1.72. The number of fused-ring (bicyclic) bond motifs is 1. The normalized spacial score (nSPS) is 18.7. The largest absolute Gasteiger partial charge is 0.335 e. The summed E-state index contributed by atoms with van der Waals surface area (Å²) in [4.78, 5) is 6.45. The second-order valence-electron chi connectivity index (χ2n) is 4.69. The Morgan fingerprint density at radius 3 is 2.89 bits per heavy atom. The zero-order valence-corrected chi connectivity index (χ0v) is 11.4. The summed E-state index contributed by atoms with van der Waals surface area (Å²) in [6.07, 6.45) is 4.46. The molecule has 1 aromatic heterocycles. The van der Waals surface area contributed by atoms with Crippen LogP contribution in [0.1, 0.15) is 23.6 Å². The van der Waals surface area contributed by atoms with Crippen molar-refractivity contribution in [2.45, 2.75) is 23.9 Å². The Labute approximate surface area is 112 Å². The van der Waals surface area contributed by atoms with E-state index < -0.39 is 10.0 Å². The number of benzene rings is 1. The van der Waals surface area contributed by atoms with Crippen molar-refractivity contribution in [1.29, 1.82) is 0 Å². The standard InChI is InChI=1S/C13H15N3O2S/c1-16(19(17,18)13-8-14-9-15-13)12-7-6-10-4-2-3-5-11(10)12/h2-5,8-9,12H,6-7H2,1H3,(H,14,15). The Morgan fingerprint density at radius 1 is 1.37 bits per heavy atom. The number of H-pyrrole nitrogens is 1. The van der Waals surface area contributed by atoms with Crippen LogP contribution >= 0.6 is 0 Å². The lowest BCUT2D eigenvalue weighted by molar-refractivity contribution is 0.373. The highest BCUT2D eigenvalue weighted by Crippen LogP contribution is 2.37. The highest BCUT2D eigenvalue weighted by Gasteiger charge is 2.33. The number of rotatable bonds is 3. The minimum absolute atomic E-state index is 0.0931. The quantitative estimate of drug-likeness (QED) is 0.929. The summed E-state index contributed by atoms with van der Waals surface area (Å²) in [5, 5.41) is 0.138. The van der Waals surface area contributed by atoms with Crippen molar-refractivity contribution >= 4 is 10.0 Å². The van der Waals surface area contributed by atoms with E-state index in [1.54, 1.807) is 7.05 Å². The van der Waals surface area contributed by atoms with Crippen LogP contribution in [0.2, 0.25) is 0 Å². The summed E-state index contributed by atoms with van der Waals surface area (Å²) in [7, 11) is -1.88. The van der Waals surface area contributed by atoms with Gasteiger partial charge in [-0.15, -0.1) is 0 Å². The SMILES string of the molecule is CN(C1CCc2ccccc21)S(=O)(=O)c1cnc[nH]1. The van der Waals surface area contributed by atoms with E-state index in [4.69, 9.17) is 0 Å². The Hall–Kier alpha value is -1.66. The van der Waals surface area contributed by atoms with Gasteiger partial charge in [0.1, 0.15) is 0 Å². The highest BCUT2D eigenvalue weighted by molar-refractivity contribution is 7.89. The van der Waals surface area contributed by atoms with Crippen molar-refractivity contribution in [3.63, 3.8) is 0 Å². The van der Waals surface area contributed by atoms with E-state index in [1.807, 2.05) is 18.2 Å². The Balaban J connectivity index is 1.97. The highest BCUT2D eigenvalue weighted by atomic mass is 32.2. The van der Waals surface area contributed by atoms with Crippen molar-refractivity contribution in [1.82, 2.24) is 14.3 Å². The van der Waals surface area contributed by atoms with Crippen LogP contribution in [0.4, 0.5) is 0 Å². The Bertz CT molecular complexity index is 680. The fourth-order valence-corrected chi connectivity index (χ4v) is 3.88. The zero-order valence-electron chi connectivity index (χ0n) is 10.6. The van der Waals surface area contributed by atoms with Gasteiger partial charge in [0.15, 0.2) is 5.03 Å². The average Bonchev–Trinajstić information content (AvgIpc) is 3.07. The molecule has 0 radical (unpaired) electrons. The van der Waals surface area contributed by atoms with Crippen LogP contribution in [0.3, 0.4) is 0 Å². The summed E-state index contributed by atoms with van der Waals surface area (Å²) in [5.74, 6) is 0. The molecule has 19 heavy (non-hydrogen) atoms. The molecule has 1 unspecified atom stereocenters. The van der Waals surface area contributed by atoms with Crippen LogP contribution < -0.4 is 0 Å². The van der Waals surface area contributed by atoms with Crippen LogP contribution in [-0.2, 0) is 16.4 Å². The Kier molecular flexibility index (Phi) is 2.91. The van der Waals surface area contributed by atoms with Crippen molar-refractivity contribution < 1.29 is 8.42 Å². The third-order valence-electron chi connectivity index (χ3n) is 3.67.